The molecule has 3 heterocycles. The van der Waals surface area contributed by atoms with Crippen LogP contribution in [-0.4, -0.2) is 49.0 Å². The second kappa shape index (κ2) is 7.53. The Bertz CT molecular complexity index is 857. The zero-order chi connectivity index (χ0) is 18.0. The number of carbonyl (C=O) groups is 1. The lowest BCUT2D eigenvalue weighted by molar-refractivity contribution is -0.124. The smallest absolute Gasteiger partial charge is 0.238 e. The monoisotopic (exact) mass is 399 g/mol. The van der Waals surface area contributed by atoms with Crippen molar-refractivity contribution in [3.05, 3.63) is 27.4 Å². The Morgan fingerprint density at radius 1 is 1.44 bits per heavy atom. The van der Waals surface area contributed by atoms with E-state index in [0.29, 0.717) is 19.5 Å². The molecule has 1 aliphatic rings. The van der Waals surface area contributed by atoms with Crippen molar-refractivity contribution >= 4 is 38.6 Å². The lowest BCUT2D eigenvalue weighted by Gasteiger charge is -2.21. The molecule has 1 aliphatic heterocycles. The number of hydrogen-bond acceptors (Lipinski definition) is 6. The molecule has 2 aromatic heterocycles. The highest BCUT2D eigenvalue weighted by molar-refractivity contribution is 7.88. The summed E-state index contributed by atoms with van der Waals surface area (Å²) in [5.41, 5.74) is 0.998. The van der Waals surface area contributed by atoms with E-state index in [9.17, 15) is 13.2 Å². The summed E-state index contributed by atoms with van der Waals surface area (Å²) in [5.74, 6) is -0.199. The Labute approximate surface area is 155 Å². The van der Waals surface area contributed by atoms with Crippen molar-refractivity contribution in [2.45, 2.75) is 32.2 Å². The summed E-state index contributed by atoms with van der Waals surface area (Å²) in [6.45, 7) is 2.92. The Kier molecular flexibility index (Phi) is 5.57. The first-order chi connectivity index (χ1) is 11.8. The summed E-state index contributed by atoms with van der Waals surface area (Å²) in [6.07, 6.45) is 3.20. The molecule has 1 fully saturated rings. The standard InChI is InChI=1S/C16H21N3O3S3/c1-11-18-13(10-23-11)15-6-5-12(24-15)7-8-17-16(20)14-4-3-9-19(14)25(2,21)22/h5-6,10,14H,3-4,7-9H2,1-2H3,(H,17,20). The van der Waals surface area contributed by atoms with Gasteiger partial charge in [0, 0.05) is 23.3 Å². The van der Waals surface area contributed by atoms with Gasteiger partial charge in [0.1, 0.15) is 6.04 Å². The zero-order valence-electron chi connectivity index (χ0n) is 14.2. The van der Waals surface area contributed by atoms with E-state index in [4.69, 9.17) is 0 Å². The molecular weight excluding hydrogens is 378 g/mol. The van der Waals surface area contributed by atoms with Gasteiger partial charge in [-0.3, -0.25) is 4.79 Å². The molecule has 9 heteroatoms. The van der Waals surface area contributed by atoms with Crippen LogP contribution in [0.2, 0.25) is 0 Å². The lowest BCUT2D eigenvalue weighted by Crippen LogP contribution is -2.45. The van der Waals surface area contributed by atoms with Crippen LogP contribution in [0, 0.1) is 6.92 Å². The minimum absolute atomic E-state index is 0.199. The van der Waals surface area contributed by atoms with Gasteiger partial charge in [-0.1, -0.05) is 0 Å². The van der Waals surface area contributed by atoms with Gasteiger partial charge in [-0.05, 0) is 38.3 Å². The van der Waals surface area contributed by atoms with Crippen LogP contribution >= 0.6 is 22.7 Å². The van der Waals surface area contributed by atoms with Crippen LogP contribution in [0.4, 0.5) is 0 Å². The lowest BCUT2D eigenvalue weighted by atomic mass is 10.2. The van der Waals surface area contributed by atoms with Crippen LogP contribution in [0.15, 0.2) is 17.5 Å². The van der Waals surface area contributed by atoms with Crippen LogP contribution in [0.25, 0.3) is 10.6 Å². The molecule has 2 aromatic rings. The van der Waals surface area contributed by atoms with Crippen molar-refractivity contribution in [1.82, 2.24) is 14.6 Å². The number of rotatable bonds is 6. The van der Waals surface area contributed by atoms with Crippen LogP contribution in [0.1, 0.15) is 22.7 Å². The molecule has 0 saturated carbocycles. The summed E-state index contributed by atoms with van der Waals surface area (Å²) in [5, 5.41) is 5.97. The van der Waals surface area contributed by atoms with Gasteiger partial charge < -0.3 is 5.32 Å². The number of hydrogen-bond donors (Lipinski definition) is 1. The summed E-state index contributed by atoms with van der Waals surface area (Å²) < 4.78 is 24.8. The van der Waals surface area contributed by atoms with Crippen LogP contribution in [0.5, 0.6) is 0 Å². The van der Waals surface area contributed by atoms with Crippen molar-refractivity contribution < 1.29 is 13.2 Å². The number of nitrogens with zero attached hydrogens (tertiary/aromatic N) is 2. The molecule has 136 valence electrons. The third-order valence-electron chi connectivity index (χ3n) is 4.14. The van der Waals surface area contributed by atoms with Crippen molar-refractivity contribution in [2.75, 3.05) is 19.3 Å². The third-order valence-corrected chi connectivity index (χ3v) is 7.37. The maximum absolute atomic E-state index is 12.3. The van der Waals surface area contributed by atoms with Gasteiger partial charge in [-0.2, -0.15) is 4.31 Å². The van der Waals surface area contributed by atoms with E-state index < -0.39 is 16.1 Å². The molecule has 0 aliphatic carbocycles. The van der Waals surface area contributed by atoms with Crippen molar-refractivity contribution in [2.24, 2.45) is 0 Å². The highest BCUT2D eigenvalue weighted by atomic mass is 32.2. The molecule has 6 nitrogen and oxygen atoms in total. The fourth-order valence-corrected chi connectivity index (χ4v) is 5.73. The molecule has 25 heavy (non-hydrogen) atoms. The highest BCUT2D eigenvalue weighted by Gasteiger charge is 2.36. The van der Waals surface area contributed by atoms with Gasteiger partial charge >= 0.3 is 0 Å². The predicted octanol–water partition coefficient (Wildman–Crippen LogP) is 2.26. The molecule has 0 spiro atoms. The van der Waals surface area contributed by atoms with E-state index >= 15 is 0 Å². The molecule has 1 unspecified atom stereocenters. The number of aryl methyl sites for hydroxylation is 1. The number of amides is 1. The SMILES string of the molecule is Cc1nc(-c2ccc(CCNC(=O)C3CCCN3S(C)(=O)=O)s2)cs1. The zero-order valence-corrected chi connectivity index (χ0v) is 16.6. The Morgan fingerprint density at radius 3 is 2.92 bits per heavy atom. The first kappa shape index (κ1) is 18.5. The normalized spacial score (nSPS) is 18.6. The average molecular weight is 400 g/mol. The van der Waals surface area contributed by atoms with Crippen molar-refractivity contribution in [3.8, 4) is 10.6 Å². The largest absolute Gasteiger partial charge is 0.354 e. The van der Waals surface area contributed by atoms with Crippen LogP contribution in [-0.2, 0) is 21.2 Å². The molecule has 1 atom stereocenters. The minimum Gasteiger partial charge on any atom is -0.354 e. The molecule has 1 saturated heterocycles. The van der Waals surface area contributed by atoms with E-state index in [2.05, 4.69) is 22.4 Å². The molecule has 1 amide bonds. The number of nitrogens with one attached hydrogen (secondary N) is 1. The second-order valence-corrected chi connectivity index (χ2v) is 10.3. The van der Waals surface area contributed by atoms with Gasteiger partial charge in [-0.25, -0.2) is 13.4 Å². The van der Waals surface area contributed by atoms with E-state index in [1.165, 1.54) is 9.18 Å². The molecule has 1 N–H and O–H groups in total. The van der Waals surface area contributed by atoms with E-state index in [1.54, 1.807) is 22.7 Å². The van der Waals surface area contributed by atoms with Crippen molar-refractivity contribution in [1.29, 1.82) is 0 Å². The second-order valence-electron chi connectivity index (χ2n) is 6.09. The number of aromatic nitrogens is 1. The van der Waals surface area contributed by atoms with E-state index in [1.807, 2.05) is 12.3 Å². The van der Waals surface area contributed by atoms with Crippen LogP contribution in [0.3, 0.4) is 0 Å². The summed E-state index contributed by atoms with van der Waals surface area (Å²) >= 11 is 3.31. The maximum atomic E-state index is 12.3. The van der Waals surface area contributed by atoms with E-state index in [0.717, 1.165) is 34.7 Å². The molecule has 0 aromatic carbocycles. The average Bonchev–Trinajstić information content (AvgIpc) is 3.25. The summed E-state index contributed by atoms with van der Waals surface area (Å²) in [4.78, 5) is 19.1. The molecular formula is C16H21N3O3S3. The summed E-state index contributed by atoms with van der Waals surface area (Å²) in [6, 6.07) is 3.55. The van der Waals surface area contributed by atoms with Gasteiger partial charge in [-0.15, -0.1) is 22.7 Å². The number of thiophene rings is 1. The molecule has 0 bridgehead atoms. The van der Waals surface area contributed by atoms with Crippen LogP contribution < -0.4 is 5.32 Å². The van der Waals surface area contributed by atoms with E-state index in [-0.39, 0.29) is 5.91 Å². The minimum atomic E-state index is -3.33. The molecule has 0 radical (unpaired) electrons. The van der Waals surface area contributed by atoms with Gasteiger partial charge in [0.15, 0.2) is 0 Å². The fourth-order valence-electron chi connectivity index (χ4n) is 2.95. The predicted molar refractivity (Wildman–Crippen MR) is 101 cm³/mol. The fraction of sp³-hybridized carbons (Fsp3) is 0.500. The Balaban J connectivity index is 1.53. The maximum Gasteiger partial charge on any atom is 0.238 e. The van der Waals surface area contributed by atoms with Crippen molar-refractivity contribution in [3.63, 3.8) is 0 Å². The number of sulfonamides is 1. The Morgan fingerprint density at radius 2 is 2.24 bits per heavy atom. The Hall–Kier alpha value is -1.29. The van der Waals surface area contributed by atoms with Gasteiger partial charge in [0.05, 0.1) is 21.8 Å². The van der Waals surface area contributed by atoms with Gasteiger partial charge in [0.2, 0.25) is 15.9 Å². The number of thiazole rings is 1. The number of carbonyl (C=O) groups excluding carboxylic acids is 1. The highest BCUT2D eigenvalue weighted by Crippen LogP contribution is 2.29. The first-order valence-corrected chi connectivity index (χ1v) is 11.6. The topological polar surface area (TPSA) is 79.4 Å². The third kappa shape index (κ3) is 4.46. The quantitative estimate of drug-likeness (QED) is 0.808. The first-order valence-electron chi connectivity index (χ1n) is 8.10. The summed E-state index contributed by atoms with van der Waals surface area (Å²) in [7, 11) is -3.33. The van der Waals surface area contributed by atoms with Gasteiger partial charge in [0.25, 0.3) is 0 Å². The molecule has 3 rings (SSSR count).